The molecule has 0 heterocycles. The third-order valence-electron chi connectivity index (χ3n) is 2.85. The van der Waals surface area contributed by atoms with E-state index < -0.39 is 20.6 Å². The lowest BCUT2D eigenvalue weighted by Crippen LogP contribution is -2.26. The fourth-order valence-electron chi connectivity index (χ4n) is 1.69. The highest BCUT2D eigenvalue weighted by atomic mass is 32.1. The summed E-state index contributed by atoms with van der Waals surface area (Å²) < 4.78 is 44.6. The van der Waals surface area contributed by atoms with Gasteiger partial charge in [0, 0.05) is 35.0 Å². The zero-order valence-corrected chi connectivity index (χ0v) is 15.3. The Hall–Kier alpha value is 0.120. The molecular weight excluding hydrogens is 340 g/mol. The van der Waals surface area contributed by atoms with Crippen molar-refractivity contribution in [3.05, 3.63) is 0 Å². The normalized spacial score (nSPS) is 12.7. The molecule has 11 heteroatoms. The minimum absolute atomic E-state index is 0.0761. The van der Waals surface area contributed by atoms with Crippen LogP contribution in [-0.2, 0) is 32.0 Å². The fourth-order valence-corrected chi connectivity index (χ4v) is 6.59. The van der Waals surface area contributed by atoms with Crippen LogP contribution in [0.4, 0.5) is 0 Å². The fraction of sp³-hybridized carbons (Fsp3) is 0.900. The van der Waals surface area contributed by atoms with Crippen molar-refractivity contribution in [2.45, 2.75) is 18.2 Å². The summed E-state index contributed by atoms with van der Waals surface area (Å²) in [6.07, 6.45) is 0.572. The second kappa shape index (κ2) is 10.0. The van der Waals surface area contributed by atoms with E-state index in [1.165, 1.54) is 28.4 Å². The highest BCUT2D eigenvalue weighted by Crippen LogP contribution is 2.70. The van der Waals surface area contributed by atoms with E-state index in [1.54, 1.807) is 0 Å². The first-order chi connectivity index (χ1) is 9.83. The predicted molar refractivity (Wildman–Crippen MR) is 83.1 cm³/mol. The maximum absolute atomic E-state index is 12.5. The Morgan fingerprint density at radius 3 is 1.81 bits per heavy atom. The number of hydrogen-bond donors (Lipinski definition) is 2. The Morgan fingerprint density at radius 1 is 1.05 bits per heavy atom. The molecule has 0 fully saturated rings. The van der Waals surface area contributed by atoms with Crippen molar-refractivity contribution in [2.75, 3.05) is 40.7 Å². The van der Waals surface area contributed by atoms with Crippen LogP contribution in [0.3, 0.4) is 0 Å². The average molecular weight is 363 g/mol. The molecular formula is C10H23NO7P2S. The van der Waals surface area contributed by atoms with Crippen molar-refractivity contribution < 1.29 is 32.0 Å². The first-order valence-corrected chi connectivity index (χ1v) is 9.99. The van der Waals surface area contributed by atoms with Crippen LogP contribution in [0.25, 0.3) is 0 Å². The van der Waals surface area contributed by atoms with E-state index in [9.17, 15) is 13.9 Å². The van der Waals surface area contributed by atoms with E-state index in [0.29, 0.717) is 13.0 Å². The lowest BCUT2D eigenvalue weighted by Gasteiger charge is -2.28. The molecule has 0 aliphatic rings. The van der Waals surface area contributed by atoms with Crippen LogP contribution in [0.15, 0.2) is 0 Å². The van der Waals surface area contributed by atoms with Crippen LogP contribution in [0.5, 0.6) is 0 Å². The average Bonchev–Trinajstić information content (AvgIpc) is 2.53. The largest absolute Gasteiger partial charge is 0.355 e. The molecule has 8 nitrogen and oxygen atoms in total. The second-order valence-corrected chi connectivity index (χ2v) is 9.53. The Balaban J connectivity index is 4.96. The van der Waals surface area contributed by atoms with E-state index in [-0.39, 0.29) is 18.1 Å². The van der Waals surface area contributed by atoms with Gasteiger partial charge in [0.1, 0.15) is 0 Å². The maximum Gasteiger partial charge on any atom is 0.345 e. The van der Waals surface area contributed by atoms with Gasteiger partial charge in [0.05, 0.1) is 5.75 Å². The van der Waals surface area contributed by atoms with Crippen LogP contribution in [0, 0.1) is 0 Å². The Kier molecular flexibility index (Phi) is 10.1. The standard InChI is InChI=1S/C10H23NO7P2S/c1-15-19(13,16-2)10(20(14,17-3)18-4)6-5-7-11-9(12)8-21/h10,21H,5-8H2,1-4H3,(H,11,12). The van der Waals surface area contributed by atoms with Gasteiger partial charge in [-0.3, -0.25) is 13.9 Å². The third kappa shape index (κ3) is 6.02. The van der Waals surface area contributed by atoms with Gasteiger partial charge >= 0.3 is 15.2 Å². The van der Waals surface area contributed by atoms with E-state index in [4.69, 9.17) is 18.1 Å². The summed E-state index contributed by atoms with van der Waals surface area (Å²) in [5.74, 6) is -0.148. The second-order valence-electron chi connectivity index (χ2n) is 3.94. The highest BCUT2D eigenvalue weighted by Gasteiger charge is 2.48. The van der Waals surface area contributed by atoms with Gasteiger partial charge in [0.15, 0.2) is 5.40 Å². The number of thiol groups is 1. The molecule has 0 radical (unpaired) electrons. The van der Waals surface area contributed by atoms with Crippen LogP contribution >= 0.6 is 27.8 Å². The number of carbonyl (C=O) groups excluding carboxylic acids is 1. The lowest BCUT2D eigenvalue weighted by molar-refractivity contribution is -0.118. The van der Waals surface area contributed by atoms with Crippen molar-refractivity contribution in [3.8, 4) is 0 Å². The summed E-state index contributed by atoms with van der Waals surface area (Å²) in [5.41, 5.74) is 0. The third-order valence-corrected chi connectivity index (χ3v) is 8.85. The molecule has 1 N–H and O–H groups in total. The lowest BCUT2D eigenvalue weighted by atomic mass is 10.3. The number of nitrogens with one attached hydrogen (secondary N) is 1. The first-order valence-electron chi connectivity index (χ1n) is 6.13. The summed E-state index contributed by atoms with van der Waals surface area (Å²) in [7, 11) is -2.50. The van der Waals surface area contributed by atoms with Gasteiger partial charge in [-0.1, -0.05) is 0 Å². The molecule has 0 rings (SSSR count). The molecule has 0 spiro atoms. The molecule has 0 atom stereocenters. The quantitative estimate of drug-likeness (QED) is 0.329. The van der Waals surface area contributed by atoms with Crippen molar-refractivity contribution in [1.82, 2.24) is 5.32 Å². The molecule has 1 amide bonds. The van der Waals surface area contributed by atoms with Gasteiger partial charge in [-0.25, -0.2) is 0 Å². The van der Waals surface area contributed by atoms with Crippen molar-refractivity contribution in [2.24, 2.45) is 0 Å². The van der Waals surface area contributed by atoms with Crippen molar-refractivity contribution in [1.29, 1.82) is 0 Å². The zero-order chi connectivity index (χ0) is 16.5. The van der Waals surface area contributed by atoms with Gasteiger partial charge in [0.2, 0.25) is 5.91 Å². The Morgan fingerprint density at radius 2 is 1.48 bits per heavy atom. The van der Waals surface area contributed by atoms with Crippen molar-refractivity contribution >= 4 is 33.7 Å². The topological polar surface area (TPSA) is 100 Å². The molecule has 0 saturated heterocycles. The molecule has 0 aliphatic heterocycles. The molecule has 0 aliphatic carbocycles. The minimum Gasteiger partial charge on any atom is -0.355 e. The molecule has 0 aromatic carbocycles. The van der Waals surface area contributed by atoms with E-state index in [2.05, 4.69) is 17.9 Å². The van der Waals surface area contributed by atoms with E-state index in [1.807, 2.05) is 0 Å². The molecule has 21 heavy (non-hydrogen) atoms. The summed E-state index contributed by atoms with van der Waals surface area (Å²) in [6.45, 7) is 0.316. The van der Waals surface area contributed by atoms with Gasteiger partial charge in [0.25, 0.3) is 0 Å². The van der Waals surface area contributed by atoms with Crippen LogP contribution in [-0.4, -0.2) is 52.0 Å². The Bertz CT molecular complexity index is 378. The molecule has 0 aromatic heterocycles. The number of hydrogen-bond acceptors (Lipinski definition) is 8. The molecule has 0 saturated carbocycles. The SMILES string of the molecule is COP(=O)(OC)C(CCCNC(=O)CS)P(=O)(OC)OC. The summed E-state index contributed by atoms with van der Waals surface area (Å²) in [5, 5.41) is 1.54. The van der Waals surface area contributed by atoms with Gasteiger partial charge in [-0.15, -0.1) is 0 Å². The first kappa shape index (κ1) is 21.1. The highest BCUT2D eigenvalue weighted by molar-refractivity contribution is 7.81. The van der Waals surface area contributed by atoms with Crippen LogP contribution < -0.4 is 5.32 Å². The van der Waals surface area contributed by atoms with Gasteiger partial charge in [-0.05, 0) is 12.8 Å². The number of carbonyl (C=O) groups is 1. The minimum atomic E-state index is -3.66. The predicted octanol–water partition coefficient (Wildman–Crippen LogP) is 2.11. The van der Waals surface area contributed by atoms with Crippen molar-refractivity contribution in [3.63, 3.8) is 0 Å². The number of amides is 1. The van der Waals surface area contributed by atoms with Crippen LogP contribution in [0.2, 0.25) is 0 Å². The molecule has 0 unspecified atom stereocenters. The summed E-state index contributed by atoms with van der Waals surface area (Å²) in [4.78, 5) is 11.1. The van der Waals surface area contributed by atoms with Crippen LogP contribution in [0.1, 0.15) is 12.8 Å². The Labute approximate surface area is 130 Å². The van der Waals surface area contributed by atoms with Gasteiger partial charge in [-0.2, -0.15) is 12.6 Å². The molecule has 126 valence electrons. The van der Waals surface area contributed by atoms with E-state index >= 15 is 0 Å². The van der Waals surface area contributed by atoms with E-state index in [0.717, 1.165) is 0 Å². The van der Waals surface area contributed by atoms with Gasteiger partial charge < -0.3 is 23.4 Å². The maximum atomic E-state index is 12.5. The monoisotopic (exact) mass is 363 g/mol. The summed E-state index contributed by atoms with van der Waals surface area (Å²) >= 11 is 3.83. The zero-order valence-electron chi connectivity index (χ0n) is 12.6. The molecule has 0 aromatic rings. The molecule has 0 bridgehead atoms. The smallest absolute Gasteiger partial charge is 0.345 e. The number of rotatable bonds is 11. The summed E-state index contributed by atoms with van der Waals surface area (Å²) in [6, 6.07) is 0.